The fraction of sp³-hybridized carbons (Fsp3) is 0.909. The summed E-state index contributed by atoms with van der Waals surface area (Å²) < 4.78 is 5.15. The summed E-state index contributed by atoms with van der Waals surface area (Å²) >= 11 is 0. The van der Waals surface area contributed by atoms with Crippen LogP contribution >= 0.6 is 0 Å². The fourth-order valence-electron chi connectivity index (χ4n) is 1.76. The fourth-order valence-corrected chi connectivity index (χ4v) is 1.76. The predicted octanol–water partition coefficient (Wildman–Crippen LogP) is 1.82. The van der Waals surface area contributed by atoms with Crippen LogP contribution in [0.4, 0.5) is 4.79 Å². The lowest BCUT2D eigenvalue weighted by atomic mass is 9.95. The lowest BCUT2D eigenvalue weighted by Crippen LogP contribution is -2.38. The number of aliphatic hydroxyl groups excluding tert-OH is 1. The summed E-state index contributed by atoms with van der Waals surface area (Å²) in [6.07, 6.45) is 4.41. The van der Waals surface area contributed by atoms with E-state index in [1.807, 2.05) is 0 Å². The standard InChI is InChI=1S/C11H21NO3/c1-2-3-8-12-11(14)15-10-7-5-4-6-9(10)13/h9-10,13H,2-8H2,1H3,(H,12,14)/t9-,10+/m1/s1. The molecule has 1 fully saturated rings. The van der Waals surface area contributed by atoms with Crippen molar-refractivity contribution in [3.8, 4) is 0 Å². The van der Waals surface area contributed by atoms with Gasteiger partial charge in [-0.25, -0.2) is 4.79 Å². The number of hydrogen-bond acceptors (Lipinski definition) is 3. The molecule has 2 N–H and O–H groups in total. The van der Waals surface area contributed by atoms with Crippen molar-refractivity contribution in [3.63, 3.8) is 0 Å². The van der Waals surface area contributed by atoms with Crippen LogP contribution in [0.2, 0.25) is 0 Å². The Kier molecular flexibility index (Phi) is 5.47. The second kappa shape index (κ2) is 6.67. The summed E-state index contributed by atoms with van der Waals surface area (Å²) in [7, 11) is 0. The molecule has 0 radical (unpaired) electrons. The first-order chi connectivity index (χ1) is 7.24. The summed E-state index contributed by atoms with van der Waals surface area (Å²) in [6.45, 7) is 2.72. The van der Waals surface area contributed by atoms with Crippen molar-refractivity contribution in [1.29, 1.82) is 0 Å². The molecular formula is C11H21NO3. The van der Waals surface area contributed by atoms with Crippen LogP contribution in [0.25, 0.3) is 0 Å². The molecule has 2 atom stereocenters. The van der Waals surface area contributed by atoms with Crippen molar-refractivity contribution >= 4 is 6.09 Å². The number of carbonyl (C=O) groups excluding carboxylic acids is 1. The van der Waals surface area contributed by atoms with Gasteiger partial charge in [-0.2, -0.15) is 0 Å². The van der Waals surface area contributed by atoms with Crippen LogP contribution in [0.15, 0.2) is 0 Å². The lowest BCUT2D eigenvalue weighted by molar-refractivity contribution is -0.0211. The van der Waals surface area contributed by atoms with Crippen molar-refractivity contribution in [1.82, 2.24) is 5.32 Å². The topological polar surface area (TPSA) is 58.6 Å². The van der Waals surface area contributed by atoms with Crippen molar-refractivity contribution in [2.75, 3.05) is 6.54 Å². The highest BCUT2D eigenvalue weighted by Crippen LogP contribution is 2.20. The van der Waals surface area contributed by atoms with Crippen molar-refractivity contribution < 1.29 is 14.6 Å². The van der Waals surface area contributed by atoms with Crippen LogP contribution in [0.1, 0.15) is 45.4 Å². The number of hydrogen-bond donors (Lipinski definition) is 2. The first-order valence-electron chi connectivity index (χ1n) is 5.86. The molecule has 0 aromatic heterocycles. The Balaban J connectivity index is 2.18. The van der Waals surface area contributed by atoms with Crippen LogP contribution in [0.3, 0.4) is 0 Å². The highest BCUT2D eigenvalue weighted by molar-refractivity contribution is 5.67. The molecule has 4 nitrogen and oxygen atoms in total. The number of alkyl carbamates (subject to hydrolysis) is 1. The van der Waals surface area contributed by atoms with E-state index in [2.05, 4.69) is 12.2 Å². The molecule has 0 aliphatic heterocycles. The molecule has 4 heteroatoms. The largest absolute Gasteiger partial charge is 0.443 e. The zero-order valence-electron chi connectivity index (χ0n) is 9.37. The van der Waals surface area contributed by atoms with Gasteiger partial charge in [-0.15, -0.1) is 0 Å². The van der Waals surface area contributed by atoms with Gasteiger partial charge in [0.25, 0.3) is 0 Å². The maximum Gasteiger partial charge on any atom is 0.407 e. The van der Waals surface area contributed by atoms with Gasteiger partial charge in [-0.1, -0.05) is 19.8 Å². The molecule has 0 spiro atoms. The van der Waals surface area contributed by atoms with E-state index in [9.17, 15) is 9.90 Å². The summed E-state index contributed by atoms with van der Waals surface area (Å²) in [6, 6.07) is 0. The highest BCUT2D eigenvalue weighted by Gasteiger charge is 2.26. The van der Waals surface area contributed by atoms with Crippen molar-refractivity contribution in [2.45, 2.75) is 57.7 Å². The second-order valence-corrected chi connectivity index (χ2v) is 4.08. The van der Waals surface area contributed by atoms with Gasteiger partial charge < -0.3 is 15.2 Å². The van der Waals surface area contributed by atoms with Crippen LogP contribution in [-0.4, -0.2) is 30.0 Å². The average Bonchev–Trinajstić information content (AvgIpc) is 2.22. The summed E-state index contributed by atoms with van der Waals surface area (Å²) in [4.78, 5) is 11.3. The predicted molar refractivity (Wildman–Crippen MR) is 57.7 cm³/mol. The Labute approximate surface area is 91.0 Å². The number of unbranched alkanes of at least 4 members (excludes halogenated alkanes) is 1. The molecule has 0 bridgehead atoms. The van der Waals surface area contributed by atoms with Crippen LogP contribution in [0, 0.1) is 0 Å². The Morgan fingerprint density at radius 2 is 2.20 bits per heavy atom. The van der Waals surface area contributed by atoms with E-state index in [0.29, 0.717) is 6.54 Å². The first kappa shape index (κ1) is 12.3. The van der Waals surface area contributed by atoms with E-state index in [0.717, 1.165) is 38.5 Å². The lowest BCUT2D eigenvalue weighted by Gasteiger charge is -2.27. The molecular weight excluding hydrogens is 194 g/mol. The Bertz CT molecular complexity index is 196. The van der Waals surface area contributed by atoms with Crippen LogP contribution < -0.4 is 5.32 Å². The smallest absolute Gasteiger partial charge is 0.407 e. The van der Waals surface area contributed by atoms with E-state index in [-0.39, 0.29) is 6.10 Å². The molecule has 0 aromatic rings. The van der Waals surface area contributed by atoms with Gasteiger partial charge in [-0.3, -0.25) is 0 Å². The Morgan fingerprint density at radius 3 is 2.87 bits per heavy atom. The minimum Gasteiger partial charge on any atom is -0.443 e. The number of aliphatic hydroxyl groups is 1. The van der Waals surface area contributed by atoms with Crippen LogP contribution in [-0.2, 0) is 4.74 Å². The van der Waals surface area contributed by atoms with E-state index in [4.69, 9.17) is 4.74 Å². The van der Waals surface area contributed by atoms with Gasteiger partial charge in [-0.05, 0) is 25.7 Å². The van der Waals surface area contributed by atoms with Gasteiger partial charge in [0, 0.05) is 6.54 Å². The summed E-state index contributed by atoms with van der Waals surface area (Å²) in [5.41, 5.74) is 0. The quantitative estimate of drug-likeness (QED) is 0.703. The molecule has 1 amide bonds. The first-order valence-corrected chi connectivity index (χ1v) is 5.86. The molecule has 1 aliphatic carbocycles. The van der Waals surface area contributed by atoms with E-state index in [1.54, 1.807) is 0 Å². The third-order valence-electron chi connectivity index (χ3n) is 2.73. The maximum absolute atomic E-state index is 11.3. The molecule has 1 aliphatic rings. The Morgan fingerprint density at radius 1 is 1.47 bits per heavy atom. The van der Waals surface area contributed by atoms with E-state index < -0.39 is 12.2 Å². The third kappa shape index (κ3) is 4.51. The third-order valence-corrected chi connectivity index (χ3v) is 2.73. The maximum atomic E-state index is 11.3. The molecule has 1 saturated carbocycles. The highest BCUT2D eigenvalue weighted by atomic mass is 16.6. The van der Waals surface area contributed by atoms with Crippen LogP contribution in [0.5, 0.6) is 0 Å². The second-order valence-electron chi connectivity index (χ2n) is 4.08. The van der Waals surface area contributed by atoms with Gasteiger partial charge in [0.15, 0.2) is 0 Å². The van der Waals surface area contributed by atoms with Gasteiger partial charge in [0.1, 0.15) is 6.10 Å². The normalized spacial score (nSPS) is 26.0. The molecule has 15 heavy (non-hydrogen) atoms. The zero-order chi connectivity index (χ0) is 11.1. The zero-order valence-corrected chi connectivity index (χ0v) is 9.37. The van der Waals surface area contributed by atoms with E-state index >= 15 is 0 Å². The molecule has 1 rings (SSSR count). The number of nitrogens with one attached hydrogen (secondary N) is 1. The van der Waals surface area contributed by atoms with Gasteiger partial charge >= 0.3 is 6.09 Å². The summed E-state index contributed by atoms with van der Waals surface area (Å²) in [5, 5.41) is 12.3. The Hall–Kier alpha value is -0.770. The monoisotopic (exact) mass is 215 g/mol. The number of rotatable bonds is 4. The van der Waals surface area contributed by atoms with Crippen molar-refractivity contribution in [3.05, 3.63) is 0 Å². The number of carbonyl (C=O) groups is 1. The SMILES string of the molecule is CCCCNC(=O)O[C@H]1CCCC[C@H]1O. The minimum absolute atomic E-state index is 0.305. The number of amides is 1. The molecule has 0 aromatic carbocycles. The molecule has 0 saturated heterocycles. The summed E-state index contributed by atoms with van der Waals surface area (Å²) in [5.74, 6) is 0. The molecule has 88 valence electrons. The molecule has 0 heterocycles. The van der Waals surface area contributed by atoms with Gasteiger partial charge in [0.05, 0.1) is 6.10 Å². The van der Waals surface area contributed by atoms with E-state index in [1.165, 1.54) is 0 Å². The van der Waals surface area contributed by atoms with Crippen molar-refractivity contribution in [2.24, 2.45) is 0 Å². The van der Waals surface area contributed by atoms with Gasteiger partial charge in [0.2, 0.25) is 0 Å². The average molecular weight is 215 g/mol. The number of ether oxygens (including phenoxy) is 1. The molecule has 0 unspecified atom stereocenters. The minimum atomic E-state index is -0.476.